The Hall–Kier alpha value is -3.09. The molecule has 4 rings (SSSR count). The number of hydrogen-bond acceptors (Lipinski definition) is 4. The molecule has 0 bridgehead atoms. The monoisotopic (exact) mass is 412 g/mol. The molecule has 2 amide bonds. The molecule has 0 N–H and O–H groups in total. The van der Waals surface area contributed by atoms with Crippen LogP contribution in [0.1, 0.15) is 30.9 Å². The van der Waals surface area contributed by atoms with Crippen LogP contribution in [0.3, 0.4) is 0 Å². The zero-order chi connectivity index (χ0) is 21.3. The number of amides is 2. The van der Waals surface area contributed by atoms with Crippen molar-refractivity contribution in [3.8, 4) is 11.5 Å². The molecule has 2 aliphatic heterocycles. The Bertz CT molecular complexity index is 964. The van der Waals surface area contributed by atoms with Gasteiger partial charge in [-0.05, 0) is 37.1 Å². The lowest BCUT2D eigenvalue weighted by Gasteiger charge is -2.28. The fourth-order valence-electron chi connectivity index (χ4n) is 4.46. The summed E-state index contributed by atoms with van der Waals surface area (Å²) in [4.78, 5) is 29.1. The second kappa shape index (κ2) is 8.34. The van der Waals surface area contributed by atoms with Gasteiger partial charge in [-0.1, -0.05) is 12.1 Å². The second-order valence-electron chi connectivity index (χ2n) is 7.65. The molecule has 2 atom stereocenters. The maximum atomic E-state index is 14.2. The number of para-hydroxylation sites is 1. The molecule has 2 aromatic carbocycles. The minimum Gasteiger partial charge on any atom is -0.497 e. The third-order valence-corrected chi connectivity index (χ3v) is 5.95. The van der Waals surface area contributed by atoms with Crippen molar-refractivity contribution in [2.45, 2.75) is 25.3 Å². The maximum absolute atomic E-state index is 14.2. The van der Waals surface area contributed by atoms with E-state index >= 15 is 0 Å². The van der Waals surface area contributed by atoms with Gasteiger partial charge < -0.3 is 19.3 Å². The van der Waals surface area contributed by atoms with Crippen LogP contribution in [0.25, 0.3) is 0 Å². The summed E-state index contributed by atoms with van der Waals surface area (Å²) in [7, 11) is 3.19. The molecule has 2 aromatic rings. The summed E-state index contributed by atoms with van der Waals surface area (Å²) in [5, 5.41) is 0. The smallest absolute Gasteiger partial charge is 0.228 e. The quantitative estimate of drug-likeness (QED) is 0.754. The molecule has 2 heterocycles. The van der Waals surface area contributed by atoms with Crippen molar-refractivity contribution >= 4 is 17.5 Å². The lowest BCUT2D eigenvalue weighted by Crippen LogP contribution is -2.37. The molecule has 0 aliphatic carbocycles. The summed E-state index contributed by atoms with van der Waals surface area (Å²) in [6, 6.07) is 11.7. The molecule has 2 fully saturated rings. The van der Waals surface area contributed by atoms with Gasteiger partial charge in [0.1, 0.15) is 17.3 Å². The number of likely N-dealkylation sites (tertiary alicyclic amines) is 1. The van der Waals surface area contributed by atoms with E-state index in [0.29, 0.717) is 18.0 Å². The molecule has 0 unspecified atom stereocenters. The van der Waals surface area contributed by atoms with E-state index in [4.69, 9.17) is 9.47 Å². The second-order valence-corrected chi connectivity index (χ2v) is 7.65. The number of anilines is 1. The van der Waals surface area contributed by atoms with Crippen LogP contribution < -0.4 is 14.4 Å². The molecule has 0 radical (unpaired) electrons. The van der Waals surface area contributed by atoms with E-state index in [1.807, 2.05) is 23.1 Å². The van der Waals surface area contributed by atoms with Crippen LogP contribution in [0, 0.1) is 11.7 Å². The number of carbonyl (C=O) groups excluding carboxylic acids is 2. The lowest BCUT2D eigenvalue weighted by atomic mass is 10.0. The van der Waals surface area contributed by atoms with Crippen molar-refractivity contribution in [1.82, 2.24) is 4.90 Å². The number of carbonyl (C=O) groups is 2. The Morgan fingerprint density at radius 2 is 1.93 bits per heavy atom. The molecule has 0 saturated carbocycles. The molecule has 158 valence electrons. The largest absolute Gasteiger partial charge is 0.497 e. The number of benzene rings is 2. The normalized spacial score (nSPS) is 21.2. The van der Waals surface area contributed by atoms with Gasteiger partial charge in [0.15, 0.2) is 0 Å². The molecule has 30 heavy (non-hydrogen) atoms. The van der Waals surface area contributed by atoms with E-state index in [9.17, 15) is 14.0 Å². The van der Waals surface area contributed by atoms with Gasteiger partial charge in [0, 0.05) is 31.1 Å². The first-order valence-corrected chi connectivity index (χ1v) is 10.1. The van der Waals surface area contributed by atoms with Crippen LogP contribution >= 0.6 is 0 Å². The predicted octanol–water partition coefficient (Wildman–Crippen LogP) is 3.56. The van der Waals surface area contributed by atoms with Gasteiger partial charge in [-0.25, -0.2) is 4.39 Å². The van der Waals surface area contributed by atoms with Gasteiger partial charge >= 0.3 is 0 Å². The number of rotatable bonds is 5. The van der Waals surface area contributed by atoms with Gasteiger partial charge in [0.2, 0.25) is 11.8 Å². The Morgan fingerprint density at radius 3 is 2.67 bits per heavy atom. The Balaban J connectivity index is 1.55. The van der Waals surface area contributed by atoms with Crippen LogP contribution in [-0.4, -0.2) is 44.0 Å². The van der Waals surface area contributed by atoms with E-state index in [0.717, 1.165) is 18.4 Å². The van der Waals surface area contributed by atoms with Crippen LogP contribution in [0.5, 0.6) is 11.5 Å². The van der Waals surface area contributed by atoms with E-state index in [1.165, 1.54) is 11.0 Å². The van der Waals surface area contributed by atoms with E-state index in [1.54, 1.807) is 32.4 Å². The summed E-state index contributed by atoms with van der Waals surface area (Å²) in [5.74, 6) is 0.129. The first-order chi connectivity index (χ1) is 14.5. The topological polar surface area (TPSA) is 59.1 Å². The SMILES string of the molecule is COc1ccc([C@@H]2CCCN2C(=O)[C@@H]2CC(=O)N(c3ccccc3F)C2)c(OC)c1. The van der Waals surface area contributed by atoms with Crippen molar-refractivity contribution in [3.05, 3.63) is 53.8 Å². The molecule has 7 heteroatoms. The first-order valence-electron chi connectivity index (χ1n) is 10.1. The van der Waals surface area contributed by atoms with Crippen molar-refractivity contribution in [1.29, 1.82) is 0 Å². The molecule has 0 aromatic heterocycles. The van der Waals surface area contributed by atoms with Gasteiger partial charge in [0.05, 0.1) is 31.9 Å². The average Bonchev–Trinajstić information content (AvgIpc) is 3.40. The fraction of sp³-hybridized carbons (Fsp3) is 0.391. The number of hydrogen-bond donors (Lipinski definition) is 0. The molecule has 2 aliphatic rings. The molecule has 6 nitrogen and oxygen atoms in total. The van der Waals surface area contributed by atoms with E-state index < -0.39 is 11.7 Å². The van der Waals surface area contributed by atoms with Gasteiger partial charge in [-0.15, -0.1) is 0 Å². The molecular formula is C23H25FN2O4. The molecule has 0 spiro atoms. The number of halogens is 1. The van der Waals surface area contributed by atoms with Crippen molar-refractivity contribution in [2.24, 2.45) is 5.92 Å². The highest BCUT2D eigenvalue weighted by atomic mass is 19.1. The van der Waals surface area contributed by atoms with Crippen LogP contribution in [0.15, 0.2) is 42.5 Å². The third kappa shape index (κ3) is 3.60. The summed E-state index contributed by atoms with van der Waals surface area (Å²) >= 11 is 0. The number of nitrogens with zero attached hydrogens (tertiary/aromatic N) is 2. The van der Waals surface area contributed by atoms with E-state index in [2.05, 4.69) is 0 Å². The van der Waals surface area contributed by atoms with Gasteiger partial charge in [0.25, 0.3) is 0 Å². The Morgan fingerprint density at radius 1 is 1.13 bits per heavy atom. The number of ether oxygens (including phenoxy) is 2. The minimum atomic E-state index is -0.484. The van der Waals surface area contributed by atoms with E-state index in [-0.39, 0.29) is 36.5 Å². The summed E-state index contributed by atoms with van der Waals surface area (Å²) < 4.78 is 25.0. The van der Waals surface area contributed by atoms with Crippen LogP contribution in [0.2, 0.25) is 0 Å². The van der Waals surface area contributed by atoms with Gasteiger partial charge in [-0.3, -0.25) is 9.59 Å². The standard InChI is InChI=1S/C23H25FN2O4/c1-29-16-9-10-17(21(13-16)30-2)19-8-5-11-25(19)23(28)15-12-22(27)26(14-15)20-7-4-3-6-18(20)24/h3-4,6-7,9-10,13,15,19H,5,8,11-12,14H2,1-2H3/t15-,19+/m1/s1. The van der Waals surface area contributed by atoms with Crippen LogP contribution in [0.4, 0.5) is 10.1 Å². The Labute approximate surface area is 175 Å². The van der Waals surface area contributed by atoms with Crippen molar-refractivity contribution in [2.75, 3.05) is 32.2 Å². The van der Waals surface area contributed by atoms with Crippen molar-refractivity contribution in [3.63, 3.8) is 0 Å². The van der Waals surface area contributed by atoms with Crippen molar-refractivity contribution < 1.29 is 23.5 Å². The Kier molecular flexibility index (Phi) is 5.61. The zero-order valence-electron chi connectivity index (χ0n) is 17.1. The lowest BCUT2D eigenvalue weighted by molar-refractivity contribution is -0.136. The first kappa shape index (κ1) is 20.2. The summed E-state index contributed by atoms with van der Waals surface area (Å²) in [6.07, 6.45) is 1.80. The summed E-state index contributed by atoms with van der Waals surface area (Å²) in [5.41, 5.74) is 1.16. The zero-order valence-corrected chi connectivity index (χ0v) is 17.1. The molecular weight excluding hydrogens is 387 g/mol. The highest BCUT2D eigenvalue weighted by Gasteiger charge is 2.41. The minimum absolute atomic E-state index is 0.0671. The summed E-state index contributed by atoms with van der Waals surface area (Å²) in [6.45, 7) is 0.824. The highest BCUT2D eigenvalue weighted by molar-refractivity contribution is 6.00. The highest BCUT2D eigenvalue weighted by Crippen LogP contribution is 2.40. The fourth-order valence-corrected chi connectivity index (χ4v) is 4.46. The number of methoxy groups -OCH3 is 2. The van der Waals surface area contributed by atoms with Crippen LogP contribution in [-0.2, 0) is 9.59 Å². The van der Waals surface area contributed by atoms with Gasteiger partial charge in [-0.2, -0.15) is 0 Å². The molecule has 2 saturated heterocycles. The average molecular weight is 412 g/mol. The maximum Gasteiger partial charge on any atom is 0.228 e. The third-order valence-electron chi connectivity index (χ3n) is 5.95. The predicted molar refractivity (Wildman–Crippen MR) is 110 cm³/mol.